The first-order chi connectivity index (χ1) is 16.6. The summed E-state index contributed by atoms with van der Waals surface area (Å²) in [4.78, 5) is 0.619. The Kier molecular flexibility index (Phi) is 14.6. The van der Waals surface area contributed by atoms with Gasteiger partial charge in [0, 0.05) is 10.0 Å². The number of sulfonamides is 2. The third-order valence-corrected chi connectivity index (χ3v) is 12.4. The third-order valence-electron chi connectivity index (χ3n) is 4.04. The van der Waals surface area contributed by atoms with Gasteiger partial charge in [-0.1, -0.05) is 15.9 Å². The van der Waals surface area contributed by atoms with E-state index in [4.69, 9.17) is 0 Å². The van der Waals surface area contributed by atoms with E-state index in [-0.39, 0.29) is 4.90 Å². The summed E-state index contributed by atoms with van der Waals surface area (Å²) in [6, 6.07) is 13.9. The fourth-order valence-corrected chi connectivity index (χ4v) is 8.22. The summed E-state index contributed by atoms with van der Waals surface area (Å²) in [6.45, 7) is 10.9. The van der Waals surface area contributed by atoms with Gasteiger partial charge in [0.2, 0.25) is 10.0 Å². The van der Waals surface area contributed by atoms with E-state index in [0.29, 0.717) is 4.90 Å². The quantitative estimate of drug-likeness (QED) is 0.317. The van der Waals surface area contributed by atoms with E-state index in [9.17, 15) is 16.8 Å². The van der Waals surface area contributed by atoms with Gasteiger partial charge in [0.15, 0.2) is 0 Å². The van der Waals surface area contributed by atoms with E-state index in [2.05, 4.69) is 73.9 Å². The molecule has 0 bridgehead atoms. The SMILES string of the molecule is CC(C)(C)NS(=O)(=O)c1cc[c]([Ge]([CH3])([CH3])[CH3])cc1.CC(C)(C)NS(=O)(=O)c1ccc(Br)cc1.[CH3][Ge]([CH3])([CH3])[Br]. The predicted molar refractivity (Wildman–Crippen MR) is 176 cm³/mol. The molecule has 12 heteroatoms. The van der Waals surface area contributed by atoms with Crippen molar-refractivity contribution in [3.05, 3.63) is 53.0 Å². The molecule has 0 aliphatic heterocycles. The van der Waals surface area contributed by atoms with E-state index in [1.807, 2.05) is 53.7 Å². The molecule has 0 aliphatic rings. The molecular formula is C26H46Br2Ge2N2O4S2. The van der Waals surface area contributed by atoms with Gasteiger partial charge < -0.3 is 0 Å². The summed E-state index contributed by atoms with van der Waals surface area (Å²) in [6.07, 6.45) is 0. The summed E-state index contributed by atoms with van der Waals surface area (Å²) in [7, 11) is -6.81. The number of rotatable bonds is 5. The summed E-state index contributed by atoms with van der Waals surface area (Å²) < 4.78 is 55.3. The number of nitrogens with one attached hydrogen (secondary N) is 2. The maximum atomic E-state index is 12.1. The average molecular weight is 820 g/mol. The number of halogens is 2. The van der Waals surface area contributed by atoms with E-state index >= 15 is 0 Å². The van der Waals surface area contributed by atoms with Crippen molar-refractivity contribution in [1.82, 2.24) is 9.44 Å². The molecule has 0 heterocycles. The van der Waals surface area contributed by atoms with Gasteiger partial charge >= 0.3 is 156 Å². The first-order valence-electron chi connectivity index (χ1n) is 12.3. The molecule has 2 N–H and O–H groups in total. The maximum absolute atomic E-state index is 12.1. The first-order valence-corrected chi connectivity index (χ1v) is 34.6. The zero-order chi connectivity index (χ0) is 30.4. The second kappa shape index (κ2) is 14.5. The fourth-order valence-electron chi connectivity index (χ4n) is 2.67. The van der Waals surface area contributed by atoms with E-state index < -0.39 is 55.8 Å². The van der Waals surface area contributed by atoms with Crippen molar-refractivity contribution in [3.63, 3.8) is 0 Å². The monoisotopic (exact) mass is 820 g/mol. The van der Waals surface area contributed by atoms with Crippen LogP contribution in [0.2, 0.25) is 34.5 Å². The van der Waals surface area contributed by atoms with Crippen molar-refractivity contribution in [3.8, 4) is 0 Å². The molecule has 2 aromatic carbocycles. The number of hydrogen-bond acceptors (Lipinski definition) is 4. The Morgan fingerprint density at radius 2 is 0.868 bits per heavy atom. The molecule has 6 nitrogen and oxygen atoms in total. The van der Waals surface area contributed by atoms with Gasteiger partial charge in [-0.2, -0.15) is 0 Å². The zero-order valence-electron chi connectivity index (χ0n) is 24.8. The standard InChI is InChI=1S/C13H23GeNO2S.C10H14BrNO2S.C3H9BrGe/c1-13(2,3)15-18(16,17)12-9-7-11(8-10-12)14(4,5)6;1-10(2,3)12-15(13,14)9-6-4-8(11)5-7-9;1-5(2,3)4/h7-10,15H,1-6H3;4-7,12H,1-3H3;1-3H3. The molecule has 0 fully saturated rings. The zero-order valence-corrected chi connectivity index (χ0v) is 33.8. The molecule has 0 spiro atoms. The molecule has 0 amide bonds. The first kappa shape index (κ1) is 38.3. The van der Waals surface area contributed by atoms with Gasteiger partial charge in [0.1, 0.15) is 0 Å². The minimum atomic E-state index is -3.41. The second-order valence-electron chi connectivity index (χ2n) is 13.0. The van der Waals surface area contributed by atoms with Gasteiger partial charge in [0.25, 0.3) is 0 Å². The van der Waals surface area contributed by atoms with Crippen LogP contribution in [-0.2, 0) is 20.0 Å². The van der Waals surface area contributed by atoms with Gasteiger partial charge in [-0.15, -0.1) is 0 Å². The van der Waals surface area contributed by atoms with Crippen molar-refractivity contribution >= 4 is 79.1 Å². The van der Waals surface area contributed by atoms with Crippen molar-refractivity contribution in [1.29, 1.82) is 0 Å². The fraction of sp³-hybridized carbons (Fsp3) is 0.538. The Balaban J connectivity index is 0.000000619. The van der Waals surface area contributed by atoms with E-state index in [1.165, 1.54) is 4.40 Å². The normalized spacial score (nSPS) is 13.1. The van der Waals surface area contributed by atoms with Crippen LogP contribution < -0.4 is 13.8 Å². The van der Waals surface area contributed by atoms with Crippen LogP contribution in [0, 0.1) is 0 Å². The van der Waals surface area contributed by atoms with Crippen molar-refractivity contribution in [2.24, 2.45) is 0 Å². The molecule has 0 aromatic heterocycles. The van der Waals surface area contributed by atoms with Gasteiger partial charge in [-0.3, -0.25) is 0 Å². The van der Waals surface area contributed by atoms with Crippen LogP contribution in [0.25, 0.3) is 0 Å². The molecule has 2 rings (SSSR count). The molecule has 2 aromatic rings. The topological polar surface area (TPSA) is 92.3 Å². The van der Waals surface area contributed by atoms with Crippen molar-refractivity contribution < 1.29 is 16.8 Å². The van der Waals surface area contributed by atoms with Crippen LogP contribution >= 0.6 is 29.9 Å². The summed E-state index contributed by atoms with van der Waals surface area (Å²) in [5.74, 6) is 13.7. The minimum absolute atomic E-state index is 0.278. The predicted octanol–water partition coefficient (Wildman–Crippen LogP) is 7.05. The summed E-state index contributed by atoms with van der Waals surface area (Å²) in [5, 5.41) is 0. The Labute approximate surface area is 253 Å². The Morgan fingerprint density at radius 3 is 1.11 bits per heavy atom. The van der Waals surface area contributed by atoms with Crippen LogP contribution in [0.4, 0.5) is 0 Å². The summed E-state index contributed by atoms with van der Waals surface area (Å²) in [5.41, 5.74) is -0.925. The molecule has 0 aliphatic carbocycles. The Hall–Kier alpha value is 0.306. The van der Waals surface area contributed by atoms with Gasteiger partial charge in [-0.25, -0.2) is 13.1 Å². The molecule has 0 saturated heterocycles. The van der Waals surface area contributed by atoms with Crippen LogP contribution in [0.3, 0.4) is 0 Å². The molecule has 38 heavy (non-hydrogen) atoms. The molecule has 0 atom stereocenters. The van der Waals surface area contributed by atoms with Crippen LogP contribution in [0.5, 0.6) is 0 Å². The number of benzene rings is 2. The molecule has 0 unspecified atom stereocenters. The van der Waals surface area contributed by atoms with Crippen LogP contribution in [-0.4, -0.2) is 52.6 Å². The summed E-state index contributed by atoms with van der Waals surface area (Å²) >= 11 is 3.76. The van der Waals surface area contributed by atoms with Gasteiger partial charge in [-0.05, 0) is 45.0 Å². The Morgan fingerprint density at radius 1 is 0.605 bits per heavy atom. The molecular weight excluding hydrogens is 773 g/mol. The molecule has 0 saturated carbocycles. The third kappa shape index (κ3) is 17.9. The molecule has 218 valence electrons. The average Bonchev–Trinajstić information content (AvgIpc) is 2.63. The van der Waals surface area contributed by atoms with Gasteiger partial charge in [0.05, 0.1) is 4.90 Å². The van der Waals surface area contributed by atoms with Crippen LogP contribution in [0.1, 0.15) is 41.5 Å². The second-order valence-corrected chi connectivity index (χ2v) is 49.0. The molecule has 0 radical (unpaired) electrons. The van der Waals surface area contributed by atoms with Crippen molar-refractivity contribution in [2.45, 2.75) is 96.9 Å². The number of hydrogen-bond donors (Lipinski definition) is 2. The Bertz CT molecular complexity index is 1220. The van der Waals surface area contributed by atoms with E-state index in [1.54, 1.807) is 36.4 Å². The van der Waals surface area contributed by atoms with E-state index in [0.717, 1.165) is 4.47 Å². The van der Waals surface area contributed by atoms with Crippen LogP contribution in [0.15, 0.2) is 62.8 Å². The van der Waals surface area contributed by atoms with Crippen molar-refractivity contribution in [2.75, 3.05) is 0 Å².